The molecule has 104 valence electrons. The van der Waals surface area contributed by atoms with E-state index < -0.39 is 0 Å². The Bertz CT molecular complexity index is 1030. The van der Waals surface area contributed by atoms with E-state index in [1.807, 2.05) is 18.2 Å². The minimum atomic E-state index is -0.0576. The number of H-pyrrole nitrogens is 1. The summed E-state index contributed by atoms with van der Waals surface area (Å²) in [5.41, 5.74) is 1.90. The summed E-state index contributed by atoms with van der Waals surface area (Å²) in [6.07, 6.45) is 1.32. The second-order valence-electron chi connectivity index (χ2n) is 4.65. The molecule has 0 atom stereocenters. The minimum Gasteiger partial charge on any atom is -0.358 e. The van der Waals surface area contributed by atoms with E-state index in [0.29, 0.717) is 22.0 Å². The highest BCUT2D eigenvalue weighted by atomic mass is 16.1. The van der Waals surface area contributed by atoms with Gasteiger partial charge in [0.15, 0.2) is 5.43 Å². The first kappa shape index (κ1) is 13.4. The van der Waals surface area contributed by atoms with E-state index in [1.165, 1.54) is 6.20 Å². The first-order valence-corrected chi connectivity index (χ1v) is 6.55. The lowest BCUT2D eigenvalue weighted by Crippen LogP contribution is -2.05. The van der Waals surface area contributed by atoms with Crippen LogP contribution >= 0.6 is 0 Å². The van der Waals surface area contributed by atoms with Crippen molar-refractivity contribution in [2.24, 2.45) is 0 Å². The molecular formula is C17H10N4O. The lowest BCUT2D eigenvalue weighted by molar-refractivity contribution is 1.43. The summed E-state index contributed by atoms with van der Waals surface area (Å²) < 4.78 is 0. The molecule has 0 unspecified atom stereocenters. The zero-order valence-corrected chi connectivity index (χ0v) is 11.4. The molecule has 5 nitrogen and oxygen atoms in total. The van der Waals surface area contributed by atoms with Crippen molar-refractivity contribution in [1.29, 1.82) is 10.5 Å². The maximum Gasteiger partial charge on any atom is 0.197 e. The predicted molar refractivity (Wildman–Crippen MR) is 85.0 cm³/mol. The monoisotopic (exact) mass is 286 g/mol. The Morgan fingerprint density at radius 2 is 1.77 bits per heavy atom. The molecule has 0 amide bonds. The van der Waals surface area contributed by atoms with Crippen LogP contribution in [0.25, 0.3) is 21.8 Å². The molecule has 1 heterocycles. The zero-order valence-electron chi connectivity index (χ0n) is 11.4. The molecule has 0 spiro atoms. The Morgan fingerprint density at radius 3 is 2.55 bits per heavy atom. The van der Waals surface area contributed by atoms with Crippen molar-refractivity contribution in [2.45, 2.75) is 0 Å². The molecule has 2 aromatic carbocycles. The maximum atomic E-state index is 12.5. The number of fused-ring (bicyclic) bond motifs is 2. The van der Waals surface area contributed by atoms with Gasteiger partial charge in [-0.2, -0.15) is 10.5 Å². The molecule has 1 aromatic heterocycles. The van der Waals surface area contributed by atoms with Gasteiger partial charge < -0.3 is 10.3 Å². The van der Waals surface area contributed by atoms with Crippen LogP contribution in [-0.2, 0) is 0 Å². The number of aromatic amines is 1. The van der Waals surface area contributed by atoms with E-state index in [0.717, 1.165) is 5.52 Å². The molecule has 3 rings (SSSR count). The Morgan fingerprint density at radius 1 is 1.05 bits per heavy atom. The minimum absolute atomic E-state index is 0.0415. The number of nitrogens with zero attached hydrogens (tertiary/aromatic N) is 2. The van der Waals surface area contributed by atoms with Crippen molar-refractivity contribution in [1.82, 2.24) is 4.98 Å². The highest BCUT2D eigenvalue weighted by Gasteiger charge is 2.07. The number of benzene rings is 2. The van der Waals surface area contributed by atoms with E-state index in [4.69, 9.17) is 10.5 Å². The maximum absolute atomic E-state index is 12.5. The molecule has 0 radical (unpaired) electrons. The van der Waals surface area contributed by atoms with Gasteiger partial charge >= 0.3 is 0 Å². The molecule has 0 aliphatic rings. The standard InChI is InChI=1S/C17H10N4O/c18-8-11(9-19)10-20-15-7-3-5-13-16(15)21-14-6-2-1-4-12(14)17(13)22/h1-7,10,20H,(H,21,22). The van der Waals surface area contributed by atoms with Gasteiger partial charge in [-0.15, -0.1) is 0 Å². The number of anilines is 1. The van der Waals surface area contributed by atoms with Gasteiger partial charge in [-0.1, -0.05) is 18.2 Å². The van der Waals surface area contributed by atoms with Gasteiger partial charge in [-0.3, -0.25) is 4.79 Å². The number of rotatable bonds is 2. The summed E-state index contributed by atoms with van der Waals surface area (Å²) in [5, 5.41) is 21.6. The van der Waals surface area contributed by atoms with E-state index in [1.54, 1.807) is 36.4 Å². The summed E-state index contributed by atoms with van der Waals surface area (Å²) in [5.74, 6) is 0. The van der Waals surface area contributed by atoms with Crippen LogP contribution in [0.2, 0.25) is 0 Å². The molecule has 2 N–H and O–H groups in total. The first-order chi connectivity index (χ1) is 10.7. The van der Waals surface area contributed by atoms with Gasteiger partial charge in [0.25, 0.3) is 0 Å². The summed E-state index contributed by atoms with van der Waals surface area (Å²) >= 11 is 0. The van der Waals surface area contributed by atoms with Crippen molar-refractivity contribution in [3.8, 4) is 12.1 Å². The molecule has 0 saturated heterocycles. The van der Waals surface area contributed by atoms with Crippen molar-refractivity contribution in [3.05, 3.63) is 64.5 Å². The van der Waals surface area contributed by atoms with E-state index in [2.05, 4.69) is 10.3 Å². The highest BCUT2D eigenvalue weighted by molar-refractivity contribution is 5.98. The van der Waals surface area contributed by atoms with Crippen LogP contribution in [0.4, 0.5) is 5.69 Å². The molecule has 0 saturated carbocycles. The van der Waals surface area contributed by atoms with Gasteiger partial charge in [0, 0.05) is 22.5 Å². The van der Waals surface area contributed by atoms with Crippen molar-refractivity contribution in [3.63, 3.8) is 0 Å². The summed E-state index contributed by atoms with van der Waals surface area (Å²) in [7, 11) is 0. The van der Waals surface area contributed by atoms with Crippen LogP contribution in [0, 0.1) is 22.7 Å². The van der Waals surface area contributed by atoms with Crippen LogP contribution in [0.3, 0.4) is 0 Å². The lowest BCUT2D eigenvalue weighted by Gasteiger charge is -2.08. The fourth-order valence-corrected chi connectivity index (χ4v) is 2.31. The third-order valence-corrected chi connectivity index (χ3v) is 3.35. The number of para-hydroxylation sites is 2. The first-order valence-electron chi connectivity index (χ1n) is 6.55. The summed E-state index contributed by atoms with van der Waals surface area (Å²) in [6.45, 7) is 0. The number of nitriles is 2. The summed E-state index contributed by atoms with van der Waals surface area (Å²) in [4.78, 5) is 15.7. The SMILES string of the molecule is N#CC(C#N)=CNc1cccc2c(=O)c3ccccc3[nH]c12. The number of allylic oxidation sites excluding steroid dienone is 1. The topological polar surface area (TPSA) is 92.5 Å². The van der Waals surface area contributed by atoms with Gasteiger partial charge in [-0.05, 0) is 24.3 Å². The molecule has 0 aliphatic carbocycles. The molecule has 22 heavy (non-hydrogen) atoms. The van der Waals surface area contributed by atoms with Crippen molar-refractivity contribution >= 4 is 27.5 Å². The van der Waals surface area contributed by atoms with Crippen LogP contribution in [0.5, 0.6) is 0 Å². The fraction of sp³-hybridized carbons (Fsp3) is 0. The Balaban J connectivity index is 2.26. The van der Waals surface area contributed by atoms with Gasteiger partial charge in [-0.25, -0.2) is 0 Å². The molecule has 0 aliphatic heterocycles. The number of aromatic nitrogens is 1. The Hall–Kier alpha value is -3.57. The normalized spacial score (nSPS) is 9.91. The fourth-order valence-electron chi connectivity index (χ4n) is 2.31. The molecular weight excluding hydrogens is 276 g/mol. The lowest BCUT2D eigenvalue weighted by atomic mass is 10.1. The van der Waals surface area contributed by atoms with E-state index in [-0.39, 0.29) is 11.0 Å². The van der Waals surface area contributed by atoms with Crippen molar-refractivity contribution < 1.29 is 0 Å². The highest BCUT2D eigenvalue weighted by Crippen LogP contribution is 2.22. The van der Waals surface area contributed by atoms with Gasteiger partial charge in [0.2, 0.25) is 0 Å². The Kier molecular flexibility index (Phi) is 3.31. The van der Waals surface area contributed by atoms with Gasteiger partial charge in [0.05, 0.1) is 11.2 Å². The zero-order chi connectivity index (χ0) is 15.5. The average Bonchev–Trinajstić information content (AvgIpc) is 2.56. The quantitative estimate of drug-likeness (QED) is 0.559. The van der Waals surface area contributed by atoms with E-state index in [9.17, 15) is 4.79 Å². The Labute approximate surface area is 125 Å². The predicted octanol–water partition coefficient (Wildman–Crippen LogP) is 3.02. The number of hydrogen-bond acceptors (Lipinski definition) is 4. The largest absolute Gasteiger partial charge is 0.358 e. The number of hydrogen-bond donors (Lipinski definition) is 2. The summed E-state index contributed by atoms with van der Waals surface area (Å²) in [6, 6.07) is 16.1. The third-order valence-electron chi connectivity index (χ3n) is 3.35. The third kappa shape index (κ3) is 2.17. The smallest absolute Gasteiger partial charge is 0.197 e. The second kappa shape index (κ2) is 5.43. The average molecular weight is 286 g/mol. The number of nitrogens with one attached hydrogen (secondary N) is 2. The van der Waals surface area contributed by atoms with Crippen LogP contribution in [0.15, 0.2) is 59.0 Å². The molecule has 0 fully saturated rings. The van der Waals surface area contributed by atoms with Crippen LogP contribution in [-0.4, -0.2) is 4.98 Å². The molecule has 5 heteroatoms. The van der Waals surface area contributed by atoms with Crippen molar-refractivity contribution in [2.75, 3.05) is 5.32 Å². The van der Waals surface area contributed by atoms with E-state index >= 15 is 0 Å². The second-order valence-corrected chi connectivity index (χ2v) is 4.65. The van der Waals surface area contributed by atoms with Crippen LogP contribution in [0.1, 0.15) is 0 Å². The molecule has 0 bridgehead atoms. The number of pyridine rings is 1. The van der Waals surface area contributed by atoms with Gasteiger partial charge in [0.1, 0.15) is 17.7 Å². The van der Waals surface area contributed by atoms with Crippen LogP contribution < -0.4 is 10.7 Å². The molecule has 3 aromatic rings.